The number of hydrogen-bond donors (Lipinski definition) is 1. The van der Waals surface area contributed by atoms with Crippen molar-refractivity contribution in [3.8, 4) is 0 Å². The molecule has 3 unspecified atom stereocenters. The Morgan fingerprint density at radius 2 is 1.82 bits per heavy atom. The van der Waals surface area contributed by atoms with E-state index in [1.54, 1.807) is 38.6 Å². The van der Waals surface area contributed by atoms with Crippen molar-refractivity contribution in [2.24, 2.45) is 11.8 Å². The van der Waals surface area contributed by atoms with Crippen LogP contribution in [0.15, 0.2) is 55.6 Å². The van der Waals surface area contributed by atoms with Gasteiger partial charge in [-0.05, 0) is 52.2 Å². The largest absolute Gasteiger partial charge is 0.396 e. The molecule has 3 fully saturated rings. The molecule has 0 aromatic heterocycles. The monoisotopic (exact) mass is 617 g/mol. The van der Waals surface area contributed by atoms with Crippen LogP contribution in [0.4, 0.5) is 5.69 Å². The van der Waals surface area contributed by atoms with Gasteiger partial charge in [0.15, 0.2) is 0 Å². The lowest BCUT2D eigenvalue weighted by atomic mass is 9.70. The Kier molecular flexibility index (Phi) is 9.03. The van der Waals surface area contributed by atoms with E-state index in [1.807, 2.05) is 51.1 Å². The predicted octanol–water partition coefficient (Wildman–Crippen LogP) is 4.26. The minimum absolute atomic E-state index is 0.00274. The first kappa shape index (κ1) is 29.9. The van der Waals surface area contributed by atoms with E-state index in [0.29, 0.717) is 38.9 Å². The molecule has 3 amide bonds. The molecule has 1 aromatic rings. The summed E-state index contributed by atoms with van der Waals surface area (Å²) in [6.07, 6.45) is 5.18. The second kappa shape index (κ2) is 11.8. The van der Waals surface area contributed by atoms with Gasteiger partial charge in [-0.3, -0.25) is 14.4 Å². The van der Waals surface area contributed by atoms with Crippen molar-refractivity contribution in [2.75, 3.05) is 31.1 Å². The highest BCUT2D eigenvalue weighted by Crippen LogP contribution is 2.68. The Morgan fingerprint density at radius 1 is 1.15 bits per heavy atom. The maximum absolute atomic E-state index is 14.4. The number of thioether (sulfide) groups is 1. The molecular weight excluding hydrogens is 578 g/mol. The number of halogens is 1. The number of nitrogens with zero attached hydrogens (tertiary/aromatic N) is 3. The number of likely N-dealkylation sites (tertiary alicyclic amines) is 1. The lowest BCUT2D eigenvalue weighted by molar-refractivity contribution is -0.145. The maximum Gasteiger partial charge on any atom is 0.247 e. The average Bonchev–Trinajstić information content (AvgIpc) is 3.48. The van der Waals surface area contributed by atoms with Crippen molar-refractivity contribution in [3.05, 3.63) is 55.6 Å². The number of benzene rings is 1. The Balaban J connectivity index is 1.79. The van der Waals surface area contributed by atoms with Crippen LogP contribution in [-0.2, 0) is 14.4 Å². The molecule has 9 heteroatoms. The van der Waals surface area contributed by atoms with Gasteiger partial charge in [0.2, 0.25) is 17.7 Å². The standard InChI is InChI=1S/C30H40BrN3O4S/c1-6-15-32(20-13-9-8-10-14-20)26(36)22-23-27(37)33(17-11-12-18-35)25(30(23)19-21(31)24(22)39-30)28(38)34(16-7-2)29(3,4)5/h6-10,13-14,21-25,35H,1-2,11-12,15-19H2,3-5H3/t21?,22-,23+,24-,25?,30?/m1/s1. The lowest BCUT2D eigenvalue weighted by Crippen LogP contribution is -2.59. The van der Waals surface area contributed by atoms with Crippen LogP contribution in [0.2, 0.25) is 0 Å². The van der Waals surface area contributed by atoms with Crippen molar-refractivity contribution in [3.63, 3.8) is 0 Å². The van der Waals surface area contributed by atoms with Gasteiger partial charge in [-0.1, -0.05) is 46.3 Å². The fraction of sp³-hybridized carbons (Fsp3) is 0.567. The van der Waals surface area contributed by atoms with Gasteiger partial charge < -0.3 is 19.8 Å². The molecule has 0 radical (unpaired) electrons. The van der Waals surface area contributed by atoms with Gasteiger partial charge in [0.1, 0.15) is 6.04 Å². The minimum atomic E-state index is -0.715. The molecule has 3 heterocycles. The van der Waals surface area contributed by atoms with Crippen molar-refractivity contribution < 1.29 is 19.5 Å². The van der Waals surface area contributed by atoms with E-state index in [9.17, 15) is 19.5 Å². The quantitative estimate of drug-likeness (QED) is 0.228. The smallest absolute Gasteiger partial charge is 0.247 e. The van der Waals surface area contributed by atoms with Crippen LogP contribution >= 0.6 is 27.7 Å². The lowest BCUT2D eigenvalue weighted by Gasteiger charge is -2.42. The molecule has 1 aromatic carbocycles. The molecule has 1 N–H and O–H groups in total. The van der Waals surface area contributed by atoms with E-state index in [0.717, 1.165) is 5.69 Å². The van der Waals surface area contributed by atoms with Crippen LogP contribution in [0.25, 0.3) is 0 Å². The van der Waals surface area contributed by atoms with E-state index in [4.69, 9.17) is 0 Å². The number of carbonyl (C=O) groups excluding carboxylic acids is 3. The Bertz CT molecular complexity index is 1110. The molecule has 39 heavy (non-hydrogen) atoms. The topological polar surface area (TPSA) is 81.2 Å². The predicted molar refractivity (Wildman–Crippen MR) is 161 cm³/mol. The fourth-order valence-corrected chi connectivity index (χ4v) is 10.1. The van der Waals surface area contributed by atoms with Gasteiger partial charge >= 0.3 is 0 Å². The zero-order chi connectivity index (χ0) is 28.5. The molecule has 7 nitrogen and oxygen atoms in total. The summed E-state index contributed by atoms with van der Waals surface area (Å²) < 4.78 is -0.715. The van der Waals surface area contributed by atoms with Gasteiger partial charge in [0.05, 0.1) is 16.6 Å². The van der Waals surface area contributed by atoms with Crippen LogP contribution < -0.4 is 4.90 Å². The number of anilines is 1. The summed E-state index contributed by atoms with van der Waals surface area (Å²) in [5.41, 5.74) is 0.288. The zero-order valence-electron chi connectivity index (χ0n) is 23.1. The van der Waals surface area contributed by atoms with Gasteiger partial charge in [-0.15, -0.1) is 24.9 Å². The number of aliphatic hydroxyl groups is 1. The van der Waals surface area contributed by atoms with Crippen LogP contribution in [0, 0.1) is 11.8 Å². The van der Waals surface area contributed by atoms with Gasteiger partial charge in [0.25, 0.3) is 0 Å². The van der Waals surface area contributed by atoms with E-state index in [2.05, 4.69) is 29.1 Å². The molecule has 6 atom stereocenters. The summed E-state index contributed by atoms with van der Waals surface area (Å²) in [6.45, 7) is 14.8. The van der Waals surface area contributed by atoms with Crippen LogP contribution in [0.1, 0.15) is 40.0 Å². The van der Waals surface area contributed by atoms with Crippen molar-refractivity contribution in [1.29, 1.82) is 0 Å². The number of rotatable bonds is 11. The summed E-state index contributed by atoms with van der Waals surface area (Å²) >= 11 is 5.50. The number of carbonyl (C=O) groups is 3. The number of aliphatic hydroxyl groups excluding tert-OH is 1. The summed E-state index contributed by atoms with van der Waals surface area (Å²) in [4.78, 5) is 48.3. The Labute approximate surface area is 244 Å². The third-order valence-electron chi connectivity index (χ3n) is 8.15. The van der Waals surface area contributed by atoms with Crippen LogP contribution in [0.5, 0.6) is 0 Å². The third-order valence-corrected chi connectivity index (χ3v) is 11.4. The summed E-state index contributed by atoms with van der Waals surface area (Å²) in [7, 11) is 0. The van der Waals surface area contributed by atoms with Gasteiger partial charge in [-0.25, -0.2) is 0 Å². The van der Waals surface area contributed by atoms with Crippen molar-refractivity contribution >= 4 is 51.1 Å². The fourth-order valence-electron chi connectivity index (χ4n) is 6.54. The number of alkyl halides is 1. The van der Waals surface area contributed by atoms with Crippen molar-refractivity contribution in [2.45, 2.75) is 66.4 Å². The summed E-state index contributed by atoms with van der Waals surface area (Å²) in [5.74, 6) is -1.50. The first-order chi connectivity index (χ1) is 18.5. The van der Waals surface area contributed by atoms with E-state index < -0.39 is 28.2 Å². The number of para-hydroxylation sites is 1. The van der Waals surface area contributed by atoms with E-state index >= 15 is 0 Å². The molecule has 3 aliphatic rings. The highest BCUT2D eigenvalue weighted by molar-refractivity contribution is 9.09. The molecule has 212 valence electrons. The van der Waals surface area contributed by atoms with Crippen molar-refractivity contribution in [1.82, 2.24) is 9.80 Å². The molecule has 0 saturated carbocycles. The molecule has 1 spiro atoms. The summed E-state index contributed by atoms with van der Waals surface area (Å²) in [5, 5.41) is 9.30. The second-order valence-electron chi connectivity index (χ2n) is 11.6. The molecular formula is C30H40BrN3O4S. The van der Waals surface area contributed by atoms with Crippen LogP contribution in [0.3, 0.4) is 0 Å². The number of fused-ring (bicyclic) bond motifs is 1. The number of hydrogen-bond acceptors (Lipinski definition) is 5. The average molecular weight is 619 g/mol. The highest BCUT2D eigenvalue weighted by Gasteiger charge is 2.76. The maximum atomic E-state index is 14.4. The number of unbranched alkanes of at least 4 members (excludes halogenated alkanes) is 1. The van der Waals surface area contributed by atoms with E-state index in [-0.39, 0.29) is 34.4 Å². The highest BCUT2D eigenvalue weighted by atomic mass is 79.9. The minimum Gasteiger partial charge on any atom is -0.396 e. The second-order valence-corrected chi connectivity index (χ2v) is 14.3. The molecule has 3 aliphatic heterocycles. The first-order valence-electron chi connectivity index (χ1n) is 13.7. The van der Waals surface area contributed by atoms with E-state index in [1.165, 1.54) is 0 Å². The van der Waals surface area contributed by atoms with Crippen LogP contribution in [-0.4, -0.2) is 85.3 Å². The normalized spacial score (nSPS) is 29.3. The SMILES string of the molecule is C=CCN(C(=O)[C@H]1[C@@H]2SC3(CC2Br)C(C(=O)N(CC=C)C(C)(C)C)N(CCCCO)C(=O)[C@H]13)c1ccccc1. The molecule has 3 saturated heterocycles. The Morgan fingerprint density at radius 3 is 2.41 bits per heavy atom. The molecule has 4 rings (SSSR count). The summed E-state index contributed by atoms with van der Waals surface area (Å²) in [6, 6.07) is 8.78. The van der Waals surface area contributed by atoms with Gasteiger partial charge in [-0.2, -0.15) is 0 Å². The Hall–Kier alpha value is -2.10. The zero-order valence-corrected chi connectivity index (χ0v) is 25.5. The molecule has 2 bridgehead atoms. The molecule has 0 aliphatic carbocycles. The first-order valence-corrected chi connectivity index (χ1v) is 15.5. The van der Waals surface area contributed by atoms with Gasteiger partial charge in [0, 0.05) is 47.5 Å². The third kappa shape index (κ3) is 5.22. The number of amides is 3.